The van der Waals surface area contributed by atoms with E-state index in [1.807, 2.05) is 32.0 Å². The van der Waals surface area contributed by atoms with E-state index in [-0.39, 0.29) is 30.7 Å². The minimum atomic E-state index is -0.582. The number of aromatic amines is 1. The maximum Gasteiger partial charge on any atom is 0.341 e. The van der Waals surface area contributed by atoms with Gasteiger partial charge in [0.25, 0.3) is 5.91 Å². The minimum absolute atomic E-state index is 0.169. The minimum Gasteiger partial charge on any atom is -0.462 e. The van der Waals surface area contributed by atoms with Gasteiger partial charge in [-0.05, 0) is 48.9 Å². The van der Waals surface area contributed by atoms with Gasteiger partial charge in [0.15, 0.2) is 0 Å². The van der Waals surface area contributed by atoms with Crippen molar-refractivity contribution in [1.82, 2.24) is 14.8 Å². The highest BCUT2D eigenvalue weighted by Gasteiger charge is 2.37. The molecule has 0 radical (unpaired) electrons. The number of urea groups is 1. The van der Waals surface area contributed by atoms with Crippen molar-refractivity contribution in [3.05, 3.63) is 71.3 Å². The van der Waals surface area contributed by atoms with Crippen LogP contribution in [-0.2, 0) is 14.9 Å². The highest BCUT2D eigenvalue weighted by molar-refractivity contribution is 6.18. The van der Waals surface area contributed by atoms with E-state index in [4.69, 9.17) is 4.74 Å². The van der Waals surface area contributed by atoms with Crippen LogP contribution in [0.2, 0.25) is 0 Å². The number of anilines is 1. The van der Waals surface area contributed by atoms with E-state index in [2.05, 4.69) is 4.98 Å². The summed E-state index contributed by atoms with van der Waals surface area (Å²) in [4.78, 5) is 46.9. The Hall–Kier alpha value is -4.14. The molecule has 0 atom stereocenters. The summed E-state index contributed by atoms with van der Waals surface area (Å²) in [5.74, 6) is -1.35. The van der Waals surface area contributed by atoms with Crippen LogP contribution in [0.1, 0.15) is 42.4 Å². The molecule has 3 amide bonds. The van der Waals surface area contributed by atoms with E-state index in [1.54, 1.807) is 33.0 Å². The van der Waals surface area contributed by atoms with Crippen molar-refractivity contribution in [1.29, 1.82) is 0 Å². The van der Waals surface area contributed by atoms with E-state index < -0.39 is 17.2 Å². The Balaban J connectivity index is 1.87. The number of rotatable bonds is 4. The topological polar surface area (TPSA) is 86.0 Å². The SMILES string of the molecule is CCOC(=O)C1=CN(C(=O)c2ccc(F)cc2)CC(C)(C)c2c1[nH]c1cc(N(C)C(=O)N(C)C)ccc21. The van der Waals surface area contributed by atoms with Crippen LogP contribution < -0.4 is 4.90 Å². The molecule has 194 valence electrons. The quantitative estimate of drug-likeness (QED) is 0.517. The fourth-order valence-electron chi connectivity index (χ4n) is 4.73. The Morgan fingerprint density at radius 3 is 2.38 bits per heavy atom. The van der Waals surface area contributed by atoms with Crippen LogP contribution in [0.15, 0.2) is 48.7 Å². The molecule has 3 aromatic rings. The number of nitrogens with one attached hydrogen (secondary N) is 1. The number of nitrogens with zero attached hydrogens (tertiary/aromatic N) is 3. The predicted octanol–water partition coefficient (Wildman–Crippen LogP) is 4.76. The number of fused-ring (bicyclic) bond motifs is 3. The maximum atomic E-state index is 13.5. The van der Waals surface area contributed by atoms with Crippen molar-refractivity contribution in [3.63, 3.8) is 0 Å². The van der Waals surface area contributed by atoms with E-state index in [9.17, 15) is 18.8 Å². The lowest BCUT2D eigenvalue weighted by Gasteiger charge is -2.30. The third-order valence-corrected chi connectivity index (χ3v) is 6.48. The molecule has 1 N–H and O–H groups in total. The van der Waals surface area contributed by atoms with Crippen molar-refractivity contribution in [2.45, 2.75) is 26.2 Å². The molecule has 2 aromatic carbocycles. The standard InChI is InChI=1S/C28H31FN4O4/c1-7-37-26(35)21-15-33(25(34)17-8-10-18(29)11-9-17)16-28(2,3)23-20-13-12-19(14-22(20)30-24(21)23)32(6)27(36)31(4)5/h8-15,30H,7,16H2,1-6H3. The lowest BCUT2D eigenvalue weighted by atomic mass is 9.81. The van der Waals surface area contributed by atoms with Crippen LogP contribution in [0.4, 0.5) is 14.9 Å². The van der Waals surface area contributed by atoms with Gasteiger partial charge in [-0.3, -0.25) is 9.69 Å². The van der Waals surface area contributed by atoms with Crippen LogP contribution in [0, 0.1) is 5.82 Å². The molecule has 0 saturated carbocycles. The van der Waals surface area contributed by atoms with E-state index in [1.165, 1.54) is 40.3 Å². The van der Waals surface area contributed by atoms with Gasteiger partial charge in [-0.1, -0.05) is 19.9 Å². The zero-order valence-corrected chi connectivity index (χ0v) is 21.9. The largest absolute Gasteiger partial charge is 0.462 e. The summed E-state index contributed by atoms with van der Waals surface area (Å²) in [5, 5.41) is 0.876. The van der Waals surface area contributed by atoms with Crippen molar-refractivity contribution in [2.24, 2.45) is 0 Å². The second-order valence-corrected chi connectivity index (χ2v) is 9.93. The number of benzene rings is 2. The number of carbonyl (C=O) groups excluding carboxylic acids is 3. The molecule has 0 aliphatic carbocycles. The number of amides is 3. The molecule has 0 fully saturated rings. The smallest absolute Gasteiger partial charge is 0.341 e. The van der Waals surface area contributed by atoms with Gasteiger partial charge < -0.3 is 19.5 Å². The van der Waals surface area contributed by atoms with Gasteiger partial charge in [-0.25, -0.2) is 14.0 Å². The number of halogens is 1. The predicted molar refractivity (Wildman–Crippen MR) is 141 cm³/mol. The number of ether oxygens (including phenoxy) is 1. The molecule has 1 aliphatic rings. The molecule has 0 saturated heterocycles. The number of carbonyl (C=O) groups is 3. The summed E-state index contributed by atoms with van der Waals surface area (Å²) >= 11 is 0. The molecule has 4 rings (SSSR count). The molecule has 1 aromatic heterocycles. The lowest BCUT2D eigenvalue weighted by Crippen LogP contribution is -2.37. The first-order valence-corrected chi connectivity index (χ1v) is 12.0. The van der Waals surface area contributed by atoms with Crippen LogP contribution in [0.3, 0.4) is 0 Å². The number of hydrogen-bond donors (Lipinski definition) is 1. The summed E-state index contributed by atoms with van der Waals surface area (Å²) in [6.45, 7) is 6.16. The van der Waals surface area contributed by atoms with E-state index >= 15 is 0 Å². The Morgan fingerprint density at radius 2 is 1.76 bits per heavy atom. The van der Waals surface area contributed by atoms with Gasteiger partial charge in [0.05, 0.1) is 17.9 Å². The summed E-state index contributed by atoms with van der Waals surface area (Å²) in [5.41, 5.74) is 2.81. The molecule has 1 aliphatic heterocycles. The summed E-state index contributed by atoms with van der Waals surface area (Å²) in [6.07, 6.45) is 1.51. The first-order valence-electron chi connectivity index (χ1n) is 12.0. The summed E-state index contributed by atoms with van der Waals surface area (Å²) in [6, 6.07) is 10.8. The number of hydrogen-bond acceptors (Lipinski definition) is 4. The van der Waals surface area contributed by atoms with Crippen LogP contribution in [-0.4, -0.2) is 67.0 Å². The molecule has 8 nitrogen and oxygen atoms in total. The average Bonchev–Trinajstić information content (AvgIpc) is 3.19. The number of esters is 1. The molecule has 37 heavy (non-hydrogen) atoms. The average molecular weight is 507 g/mol. The van der Waals surface area contributed by atoms with Crippen LogP contribution in [0.25, 0.3) is 16.5 Å². The van der Waals surface area contributed by atoms with Crippen molar-refractivity contribution < 1.29 is 23.5 Å². The lowest BCUT2D eigenvalue weighted by molar-refractivity contribution is -0.136. The first-order chi connectivity index (χ1) is 17.4. The van der Waals surface area contributed by atoms with Gasteiger partial charge >= 0.3 is 12.0 Å². The van der Waals surface area contributed by atoms with E-state index in [0.717, 1.165) is 16.5 Å². The third-order valence-electron chi connectivity index (χ3n) is 6.48. The summed E-state index contributed by atoms with van der Waals surface area (Å²) in [7, 11) is 5.07. The van der Waals surface area contributed by atoms with Gasteiger partial charge in [-0.15, -0.1) is 0 Å². The molecular weight excluding hydrogens is 475 g/mol. The first kappa shape index (κ1) is 25.9. The second-order valence-electron chi connectivity index (χ2n) is 9.93. The zero-order valence-electron chi connectivity index (χ0n) is 21.9. The van der Waals surface area contributed by atoms with Crippen LogP contribution in [0.5, 0.6) is 0 Å². The molecule has 0 spiro atoms. The van der Waals surface area contributed by atoms with E-state index in [0.29, 0.717) is 16.9 Å². The molecule has 0 bridgehead atoms. The third kappa shape index (κ3) is 4.81. The fourth-order valence-corrected chi connectivity index (χ4v) is 4.73. The Morgan fingerprint density at radius 1 is 1.08 bits per heavy atom. The van der Waals surface area contributed by atoms with Crippen LogP contribution >= 0.6 is 0 Å². The highest BCUT2D eigenvalue weighted by atomic mass is 19.1. The van der Waals surface area contributed by atoms with Crippen molar-refractivity contribution >= 4 is 40.1 Å². The normalized spacial score (nSPS) is 14.5. The Kier molecular flexibility index (Phi) is 6.82. The Labute approximate surface area is 215 Å². The van der Waals surface area contributed by atoms with Gasteiger partial charge in [-0.2, -0.15) is 0 Å². The number of aromatic nitrogens is 1. The monoisotopic (exact) mass is 506 g/mol. The zero-order chi connectivity index (χ0) is 27.1. The number of H-pyrrole nitrogens is 1. The maximum absolute atomic E-state index is 13.5. The van der Waals surface area contributed by atoms with Crippen molar-refractivity contribution in [2.75, 3.05) is 39.2 Å². The van der Waals surface area contributed by atoms with Gasteiger partial charge in [0.1, 0.15) is 5.82 Å². The van der Waals surface area contributed by atoms with Crippen molar-refractivity contribution in [3.8, 4) is 0 Å². The van der Waals surface area contributed by atoms with Gasteiger partial charge in [0.2, 0.25) is 0 Å². The summed E-state index contributed by atoms with van der Waals surface area (Å²) < 4.78 is 18.8. The Bertz CT molecular complexity index is 1410. The molecule has 9 heteroatoms. The molecule has 2 heterocycles. The molecule has 0 unspecified atom stereocenters. The fraction of sp³-hybridized carbons (Fsp3) is 0.321. The second kappa shape index (κ2) is 9.72. The highest BCUT2D eigenvalue weighted by Crippen LogP contribution is 2.41. The molecular formula is C28H31FN4O4. The van der Waals surface area contributed by atoms with Gasteiger partial charge in [0, 0.05) is 61.5 Å².